The summed E-state index contributed by atoms with van der Waals surface area (Å²) in [5.74, 6) is -1.34. The number of carbonyl (C=O) groups is 1. The summed E-state index contributed by atoms with van der Waals surface area (Å²) in [4.78, 5) is 13.1. The van der Waals surface area contributed by atoms with Crippen LogP contribution in [0.1, 0.15) is 29.9 Å². The van der Waals surface area contributed by atoms with Crippen molar-refractivity contribution in [3.8, 4) is 0 Å². The van der Waals surface area contributed by atoms with Gasteiger partial charge in [-0.3, -0.25) is 0 Å². The van der Waals surface area contributed by atoms with E-state index in [2.05, 4.69) is 9.71 Å². The molecule has 0 radical (unpaired) electrons. The van der Waals surface area contributed by atoms with E-state index in [1.807, 2.05) is 0 Å². The van der Waals surface area contributed by atoms with Gasteiger partial charge in [-0.25, -0.2) is 17.9 Å². The number of sulfonamides is 1. The van der Waals surface area contributed by atoms with Crippen LogP contribution in [0.25, 0.3) is 0 Å². The summed E-state index contributed by atoms with van der Waals surface area (Å²) in [6.07, 6.45) is 1.38. The van der Waals surface area contributed by atoms with Gasteiger partial charge in [0.25, 0.3) is 0 Å². The quantitative estimate of drug-likeness (QED) is 0.706. The molecule has 0 aromatic carbocycles. The fraction of sp³-hybridized carbons (Fsp3) is 0.444. The molecule has 0 atom stereocenters. The molecule has 1 aromatic rings. The molecule has 1 aromatic heterocycles. The maximum Gasteiger partial charge on any atom is 0.352 e. The van der Waals surface area contributed by atoms with Gasteiger partial charge in [0.2, 0.25) is 10.0 Å². The van der Waals surface area contributed by atoms with E-state index in [4.69, 9.17) is 5.11 Å². The molecule has 90 valence electrons. The molecule has 1 rings (SSSR count). The number of carboxylic acid groups (broad SMARTS) is 1. The molecule has 0 amide bonds. The van der Waals surface area contributed by atoms with Crippen LogP contribution in [0.2, 0.25) is 0 Å². The predicted octanol–water partition coefficient (Wildman–Crippen LogP) is 0.541. The molecule has 0 aliphatic rings. The number of aromatic nitrogens is 1. The van der Waals surface area contributed by atoms with E-state index in [-0.39, 0.29) is 17.5 Å². The lowest BCUT2D eigenvalue weighted by Crippen LogP contribution is -2.31. The molecule has 0 unspecified atom stereocenters. The Kier molecular flexibility index (Phi) is 3.71. The van der Waals surface area contributed by atoms with Crippen LogP contribution in [0.3, 0.4) is 0 Å². The lowest BCUT2D eigenvalue weighted by Gasteiger charge is -2.07. The summed E-state index contributed by atoms with van der Waals surface area (Å²) in [5.41, 5.74) is 0.403. The zero-order chi connectivity index (χ0) is 12.3. The summed E-state index contributed by atoms with van der Waals surface area (Å²) in [5, 5.41) is 8.65. The second-order valence-electron chi connectivity index (χ2n) is 3.76. The minimum absolute atomic E-state index is 0.0188. The Balaban J connectivity index is 2.77. The van der Waals surface area contributed by atoms with Crippen molar-refractivity contribution in [1.82, 2.24) is 9.71 Å². The van der Waals surface area contributed by atoms with E-state index >= 15 is 0 Å². The molecular formula is C9H14N2O4S. The van der Waals surface area contributed by atoms with Crippen LogP contribution in [0.15, 0.2) is 12.3 Å². The summed E-state index contributed by atoms with van der Waals surface area (Å²) in [7, 11) is -3.41. The van der Waals surface area contributed by atoms with Gasteiger partial charge in [-0.2, -0.15) is 0 Å². The van der Waals surface area contributed by atoms with E-state index in [9.17, 15) is 13.2 Å². The largest absolute Gasteiger partial charge is 0.477 e. The number of hydrogen-bond donors (Lipinski definition) is 3. The highest BCUT2D eigenvalue weighted by Gasteiger charge is 2.15. The first-order valence-corrected chi connectivity index (χ1v) is 6.36. The van der Waals surface area contributed by atoms with E-state index in [0.717, 1.165) is 0 Å². The van der Waals surface area contributed by atoms with Crippen LogP contribution in [-0.2, 0) is 15.8 Å². The van der Waals surface area contributed by atoms with Gasteiger partial charge < -0.3 is 10.1 Å². The molecule has 1 heterocycles. The van der Waals surface area contributed by atoms with Crippen LogP contribution >= 0.6 is 0 Å². The van der Waals surface area contributed by atoms with Crippen LogP contribution in [0.5, 0.6) is 0 Å². The van der Waals surface area contributed by atoms with Crippen LogP contribution in [0.4, 0.5) is 0 Å². The van der Waals surface area contributed by atoms with Gasteiger partial charge >= 0.3 is 5.97 Å². The van der Waals surface area contributed by atoms with Crippen molar-refractivity contribution in [2.24, 2.45) is 0 Å². The average Bonchev–Trinajstić information content (AvgIpc) is 2.48. The normalized spacial score (nSPS) is 11.9. The number of carboxylic acids is 1. The molecular weight excluding hydrogens is 232 g/mol. The van der Waals surface area contributed by atoms with Crippen molar-refractivity contribution >= 4 is 16.0 Å². The second kappa shape index (κ2) is 4.67. The highest BCUT2D eigenvalue weighted by atomic mass is 32.2. The third-order valence-corrected chi connectivity index (χ3v) is 3.29. The Hall–Kier alpha value is -1.34. The van der Waals surface area contributed by atoms with Gasteiger partial charge in [0.15, 0.2) is 0 Å². The van der Waals surface area contributed by atoms with E-state index in [1.54, 1.807) is 13.8 Å². The summed E-state index contributed by atoms with van der Waals surface area (Å²) >= 11 is 0. The van der Waals surface area contributed by atoms with Gasteiger partial charge in [0, 0.05) is 12.2 Å². The number of rotatable bonds is 5. The predicted molar refractivity (Wildman–Crippen MR) is 58.6 cm³/mol. The average molecular weight is 246 g/mol. The maximum atomic E-state index is 11.5. The Labute approximate surface area is 93.7 Å². The number of nitrogens with one attached hydrogen (secondary N) is 2. The van der Waals surface area contributed by atoms with E-state index < -0.39 is 16.0 Å². The van der Waals surface area contributed by atoms with Gasteiger partial charge in [0.1, 0.15) is 5.69 Å². The number of H-pyrrole nitrogens is 1. The molecule has 0 bridgehead atoms. The van der Waals surface area contributed by atoms with Gasteiger partial charge in [-0.05, 0) is 25.5 Å². The molecule has 6 nitrogen and oxygen atoms in total. The van der Waals surface area contributed by atoms with E-state index in [1.165, 1.54) is 12.3 Å². The van der Waals surface area contributed by atoms with Crippen molar-refractivity contribution in [2.45, 2.75) is 25.6 Å². The first-order chi connectivity index (χ1) is 7.30. The molecule has 0 saturated carbocycles. The first kappa shape index (κ1) is 12.7. The van der Waals surface area contributed by atoms with Crippen molar-refractivity contribution in [3.05, 3.63) is 23.5 Å². The monoisotopic (exact) mass is 246 g/mol. The lowest BCUT2D eigenvalue weighted by atomic mass is 10.3. The topological polar surface area (TPSA) is 99.3 Å². The molecule has 16 heavy (non-hydrogen) atoms. The van der Waals surface area contributed by atoms with Crippen LogP contribution < -0.4 is 4.72 Å². The third-order valence-electron chi connectivity index (χ3n) is 1.75. The second-order valence-corrected chi connectivity index (χ2v) is 5.51. The first-order valence-electron chi connectivity index (χ1n) is 4.71. The zero-order valence-electron chi connectivity index (χ0n) is 9.02. The number of aromatic amines is 1. The Morgan fingerprint density at radius 3 is 2.62 bits per heavy atom. The van der Waals surface area contributed by atoms with Crippen molar-refractivity contribution in [2.75, 3.05) is 0 Å². The fourth-order valence-corrected chi connectivity index (χ4v) is 2.67. The van der Waals surface area contributed by atoms with Gasteiger partial charge in [-0.1, -0.05) is 0 Å². The minimum Gasteiger partial charge on any atom is -0.477 e. The summed E-state index contributed by atoms with van der Waals surface area (Å²) in [6, 6.07) is 1.13. The van der Waals surface area contributed by atoms with Crippen LogP contribution in [0, 0.1) is 0 Å². The molecule has 0 aliphatic carbocycles. The Bertz CT molecular complexity index is 475. The molecule has 3 N–H and O–H groups in total. The number of aromatic carboxylic acids is 1. The van der Waals surface area contributed by atoms with Gasteiger partial charge in [-0.15, -0.1) is 0 Å². The van der Waals surface area contributed by atoms with Crippen molar-refractivity contribution in [3.63, 3.8) is 0 Å². The Morgan fingerprint density at radius 2 is 2.19 bits per heavy atom. The zero-order valence-corrected chi connectivity index (χ0v) is 9.84. The third kappa shape index (κ3) is 3.67. The lowest BCUT2D eigenvalue weighted by molar-refractivity contribution is 0.0691. The Morgan fingerprint density at radius 1 is 1.56 bits per heavy atom. The van der Waals surface area contributed by atoms with Crippen LogP contribution in [-0.4, -0.2) is 30.5 Å². The molecule has 0 spiro atoms. The summed E-state index contributed by atoms with van der Waals surface area (Å²) < 4.78 is 25.5. The molecule has 7 heteroatoms. The smallest absolute Gasteiger partial charge is 0.352 e. The SMILES string of the molecule is CC(C)NS(=O)(=O)Cc1c[nH]c(C(=O)O)c1. The fourth-order valence-electron chi connectivity index (χ4n) is 1.27. The van der Waals surface area contributed by atoms with Crippen molar-refractivity contribution in [1.29, 1.82) is 0 Å². The van der Waals surface area contributed by atoms with E-state index in [0.29, 0.717) is 5.56 Å². The molecule has 0 saturated heterocycles. The summed E-state index contributed by atoms with van der Waals surface area (Å²) in [6.45, 7) is 3.44. The minimum atomic E-state index is -3.41. The highest BCUT2D eigenvalue weighted by molar-refractivity contribution is 7.88. The molecule has 0 fully saturated rings. The maximum absolute atomic E-state index is 11.5. The van der Waals surface area contributed by atoms with Crippen molar-refractivity contribution < 1.29 is 18.3 Å². The standard InChI is InChI=1S/C9H14N2O4S/c1-6(2)11-16(14,15)5-7-3-8(9(12)13)10-4-7/h3-4,6,10-11H,5H2,1-2H3,(H,12,13). The highest BCUT2D eigenvalue weighted by Crippen LogP contribution is 2.07. The number of hydrogen-bond acceptors (Lipinski definition) is 3. The van der Waals surface area contributed by atoms with Gasteiger partial charge in [0.05, 0.1) is 5.75 Å². The molecule has 0 aliphatic heterocycles.